The summed E-state index contributed by atoms with van der Waals surface area (Å²) in [5.41, 5.74) is 2.79. The number of aromatic nitrogens is 1. The van der Waals surface area contributed by atoms with Crippen molar-refractivity contribution in [3.05, 3.63) is 94.6 Å². The molecule has 7 heteroatoms. The fraction of sp³-hybridized carbons (Fsp3) is 0.233. The van der Waals surface area contributed by atoms with E-state index in [1.54, 1.807) is 43.6 Å². The molecule has 0 aliphatic heterocycles. The first-order valence-electron chi connectivity index (χ1n) is 12.3. The van der Waals surface area contributed by atoms with Gasteiger partial charge in [0.15, 0.2) is 0 Å². The van der Waals surface area contributed by atoms with Gasteiger partial charge in [0.25, 0.3) is 5.91 Å². The standard InChI is InChI=1S/C30H27ClN2O4/c1-32-30(35)25-16-24-27(17-29(25)36-18-20-5-3-2-4-6-20)33-12-11-28(24)37-23-10-9-21(26(31)15-23)14-22(34)13-19-7-8-19/h2-6,9-12,15-17,19H,7-8,13-14,18H2,1H3,(H,32,35). The van der Waals surface area contributed by atoms with Crippen LogP contribution in [0.2, 0.25) is 5.02 Å². The van der Waals surface area contributed by atoms with Crippen LogP contribution in [-0.4, -0.2) is 23.7 Å². The average molecular weight is 515 g/mol. The maximum absolute atomic E-state index is 12.7. The molecule has 1 aliphatic rings. The molecule has 1 N–H and O–H groups in total. The number of halogens is 1. The van der Waals surface area contributed by atoms with E-state index in [0.29, 0.717) is 64.1 Å². The van der Waals surface area contributed by atoms with E-state index in [4.69, 9.17) is 21.1 Å². The van der Waals surface area contributed by atoms with E-state index in [1.807, 2.05) is 36.4 Å². The quantitative estimate of drug-likeness (QED) is 0.260. The summed E-state index contributed by atoms with van der Waals surface area (Å²) >= 11 is 6.49. The number of nitrogens with one attached hydrogen (secondary N) is 1. The zero-order valence-electron chi connectivity index (χ0n) is 20.5. The van der Waals surface area contributed by atoms with Crippen molar-refractivity contribution < 1.29 is 19.1 Å². The molecule has 37 heavy (non-hydrogen) atoms. The topological polar surface area (TPSA) is 77.5 Å². The molecule has 0 atom stereocenters. The van der Waals surface area contributed by atoms with E-state index < -0.39 is 0 Å². The van der Waals surface area contributed by atoms with Crippen LogP contribution in [0.15, 0.2) is 72.9 Å². The molecular formula is C30H27ClN2O4. The van der Waals surface area contributed by atoms with Gasteiger partial charge in [0.05, 0.1) is 11.1 Å². The van der Waals surface area contributed by atoms with Gasteiger partial charge in [-0.05, 0) is 54.2 Å². The van der Waals surface area contributed by atoms with Gasteiger partial charge in [-0.1, -0.05) is 48.0 Å². The second kappa shape index (κ2) is 11.0. The van der Waals surface area contributed by atoms with E-state index in [1.165, 1.54) is 0 Å². The van der Waals surface area contributed by atoms with Crippen LogP contribution in [0.25, 0.3) is 10.9 Å². The molecule has 4 aromatic rings. The lowest BCUT2D eigenvalue weighted by molar-refractivity contribution is -0.118. The highest BCUT2D eigenvalue weighted by Crippen LogP contribution is 2.36. The second-order valence-electron chi connectivity index (χ2n) is 9.25. The maximum atomic E-state index is 12.7. The number of carbonyl (C=O) groups is 2. The SMILES string of the molecule is CNC(=O)c1cc2c(Oc3ccc(CC(=O)CC4CC4)c(Cl)c3)ccnc2cc1OCc1ccccc1. The van der Waals surface area contributed by atoms with Crippen molar-refractivity contribution in [2.45, 2.75) is 32.3 Å². The van der Waals surface area contributed by atoms with Crippen molar-refractivity contribution in [2.24, 2.45) is 5.92 Å². The average Bonchev–Trinajstić information content (AvgIpc) is 3.72. The number of hydrogen-bond acceptors (Lipinski definition) is 5. The maximum Gasteiger partial charge on any atom is 0.254 e. The van der Waals surface area contributed by atoms with E-state index in [2.05, 4.69) is 10.3 Å². The Bertz CT molecular complexity index is 1450. The highest BCUT2D eigenvalue weighted by molar-refractivity contribution is 6.31. The third kappa shape index (κ3) is 6.09. The highest BCUT2D eigenvalue weighted by Gasteiger charge is 2.24. The van der Waals surface area contributed by atoms with E-state index >= 15 is 0 Å². The fourth-order valence-electron chi connectivity index (χ4n) is 4.19. The van der Waals surface area contributed by atoms with Crippen LogP contribution in [0.4, 0.5) is 0 Å². The van der Waals surface area contributed by atoms with Gasteiger partial charge in [-0.3, -0.25) is 14.6 Å². The molecule has 0 unspecified atom stereocenters. The van der Waals surface area contributed by atoms with Crippen molar-refractivity contribution in [1.29, 1.82) is 0 Å². The number of hydrogen-bond donors (Lipinski definition) is 1. The molecule has 1 heterocycles. The van der Waals surface area contributed by atoms with Crippen LogP contribution in [0.1, 0.15) is 40.7 Å². The number of benzene rings is 3. The number of carbonyl (C=O) groups excluding carboxylic acids is 2. The molecule has 5 rings (SSSR count). The summed E-state index contributed by atoms with van der Waals surface area (Å²) in [5, 5.41) is 3.82. The Hall–Kier alpha value is -3.90. The number of nitrogens with zero attached hydrogens (tertiary/aromatic N) is 1. The van der Waals surface area contributed by atoms with Crippen molar-refractivity contribution in [3.63, 3.8) is 0 Å². The smallest absolute Gasteiger partial charge is 0.254 e. The van der Waals surface area contributed by atoms with Crippen LogP contribution < -0.4 is 14.8 Å². The number of ketones is 1. The molecule has 0 saturated heterocycles. The molecule has 1 aliphatic carbocycles. The Labute approximate surface area is 220 Å². The Morgan fingerprint density at radius 1 is 1.03 bits per heavy atom. The lowest BCUT2D eigenvalue weighted by Crippen LogP contribution is -2.19. The Morgan fingerprint density at radius 3 is 2.57 bits per heavy atom. The Morgan fingerprint density at radius 2 is 1.84 bits per heavy atom. The van der Waals surface area contributed by atoms with Crippen molar-refractivity contribution in [1.82, 2.24) is 10.3 Å². The Balaban J connectivity index is 1.40. The molecule has 1 fully saturated rings. The third-order valence-corrected chi connectivity index (χ3v) is 6.72. The van der Waals surface area contributed by atoms with E-state index in [0.717, 1.165) is 24.0 Å². The lowest BCUT2D eigenvalue weighted by atomic mass is 10.0. The van der Waals surface area contributed by atoms with Gasteiger partial charge >= 0.3 is 0 Å². The molecule has 0 radical (unpaired) electrons. The molecule has 1 saturated carbocycles. The molecule has 3 aromatic carbocycles. The molecule has 1 aromatic heterocycles. The van der Waals surface area contributed by atoms with Crippen LogP contribution >= 0.6 is 11.6 Å². The van der Waals surface area contributed by atoms with Crippen molar-refractivity contribution in [3.8, 4) is 17.2 Å². The largest absolute Gasteiger partial charge is 0.488 e. The predicted molar refractivity (Wildman–Crippen MR) is 143 cm³/mol. The first-order valence-corrected chi connectivity index (χ1v) is 12.7. The molecule has 6 nitrogen and oxygen atoms in total. The number of Topliss-reactive ketones (excluding diaryl/α,β-unsaturated/α-hetero) is 1. The van der Waals surface area contributed by atoms with Crippen LogP contribution in [-0.2, 0) is 17.8 Å². The summed E-state index contributed by atoms with van der Waals surface area (Å²) in [5.74, 6) is 1.98. The second-order valence-corrected chi connectivity index (χ2v) is 9.65. The first kappa shape index (κ1) is 24.8. The minimum absolute atomic E-state index is 0.213. The van der Waals surface area contributed by atoms with Gasteiger partial charge in [0.2, 0.25) is 0 Å². The van der Waals surface area contributed by atoms with Gasteiger partial charge in [0, 0.05) is 42.6 Å². The van der Waals surface area contributed by atoms with Gasteiger partial charge in [-0.2, -0.15) is 0 Å². The van der Waals surface area contributed by atoms with Crippen LogP contribution in [0.3, 0.4) is 0 Å². The molecular weight excluding hydrogens is 488 g/mol. The van der Waals surface area contributed by atoms with E-state index in [-0.39, 0.29) is 11.7 Å². The highest BCUT2D eigenvalue weighted by atomic mass is 35.5. The zero-order chi connectivity index (χ0) is 25.8. The number of rotatable bonds is 10. The van der Waals surface area contributed by atoms with Gasteiger partial charge in [-0.25, -0.2) is 0 Å². The minimum Gasteiger partial charge on any atom is -0.488 e. The summed E-state index contributed by atoms with van der Waals surface area (Å²) in [6.45, 7) is 0.320. The Kier molecular flexibility index (Phi) is 7.37. The lowest BCUT2D eigenvalue weighted by Gasteiger charge is -2.15. The molecule has 188 valence electrons. The number of pyridine rings is 1. The summed E-state index contributed by atoms with van der Waals surface area (Å²) < 4.78 is 12.2. The van der Waals surface area contributed by atoms with Crippen LogP contribution in [0.5, 0.6) is 17.2 Å². The molecule has 1 amide bonds. The number of amides is 1. The molecule has 0 bridgehead atoms. The number of ether oxygens (including phenoxy) is 2. The molecule has 0 spiro atoms. The summed E-state index contributed by atoms with van der Waals surface area (Å²) in [7, 11) is 1.58. The van der Waals surface area contributed by atoms with E-state index in [9.17, 15) is 9.59 Å². The summed E-state index contributed by atoms with van der Waals surface area (Å²) in [6, 6.07) is 20.3. The summed E-state index contributed by atoms with van der Waals surface area (Å²) in [6.07, 6.45) is 4.89. The number of fused-ring (bicyclic) bond motifs is 1. The van der Waals surface area contributed by atoms with Gasteiger partial charge in [-0.15, -0.1) is 0 Å². The van der Waals surface area contributed by atoms with Gasteiger partial charge < -0.3 is 14.8 Å². The fourth-order valence-corrected chi connectivity index (χ4v) is 4.43. The van der Waals surface area contributed by atoms with Crippen molar-refractivity contribution >= 4 is 34.2 Å². The first-order chi connectivity index (χ1) is 18.0. The summed E-state index contributed by atoms with van der Waals surface area (Å²) in [4.78, 5) is 29.4. The zero-order valence-corrected chi connectivity index (χ0v) is 21.3. The predicted octanol–water partition coefficient (Wildman–Crippen LogP) is 6.53. The van der Waals surface area contributed by atoms with Gasteiger partial charge in [0.1, 0.15) is 29.6 Å². The van der Waals surface area contributed by atoms with Crippen LogP contribution in [0, 0.1) is 5.92 Å². The minimum atomic E-state index is -0.275. The monoisotopic (exact) mass is 514 g/mol. The van der Waals surface area contributed by atoms with Crippen molar-refractivity contribution in [2.75, 3.05) is 7.05 Å². The normalized spacial score (nSPS) is 12.8. The third-order valence-electron chi connectivity index (χ3n) is 6.36.